The van der Waals surface area contributed by atoms with E-state index in [4.69, 9.17) is 0 Å². The second-order valence-electron chi connectivity index (χ2n) is 6.05. The molecule has 1 aromatic rings. The molecule has 1 aromatic carbocycles. The third kappa shape index (κ3) is 2.52. The molecule has 2 atom stereocenters. The molecule has 2 aliphatic rings. The average Bonchev–Trinajstić information content (AvgIpc) is 2.80. The first-order valence-electron chi connectivity index (χ1n) is 7.24. The van der Waals surface area contributed by atoms with Crippen molar-refractivity contribution in [3.05, 3.63) is 34.9 Å². The second-order valence-corrected chi connectivity index (χ2v) is 6.05. The van der Waals surface area contributed by atoms with E-state index in [1.807, 2.05) is 17.0 Å². The zero-order valence-electron chi connectivity index (χ0n) is 11.8. The number of aryl methyl sites for hydroxylation is 2. The Morgan fingerprint density at radius 2 is 1.95 bits per heavy atom. The molecule has 19 heavy (non-hydrogen) atoms. The van der Waals surface area contributed by atoms with Crippen molar-refractivity contribution in [2.24, 2.45) is 5.92 Å². The van der Waals surface area contributed by atoms with Crippen molar-refractivity contribution in [2.75, 3.05) is 19.6 Å². The van der Waals surface area contributed by atoms with Gasteiger partial charge in [0.1, 0.15) is 0 Å². The van der Waals surface area contributed by atoms with Crippen LogP contribution in [0.4, 0.5) is 0 Å². The predicted molar refractivity (Wildman–Crippen MR) is 76.3 cm³/mol. The Morgan fingerprint density at radius 3 is 2.63 bits per heavy atom. The van der Waals surface area contributed by atoms with Gasteiger partial charge in [-0.05, 0) is 51.3 Å². The Kier molecular flexibility index (Phi) is 3.31. The fourth-order valence-corrected chi connectivity index (χ4v) is 3.49. The van der Waals surface area contributed by atoms with Crippen molar-refractivity contribution in [3.8, 4) is 0 Å². The summed E-state index contributed by atoms with van der Waals surface area (Å²) in [4.78, 5) is 14.6. The van der Waals surface area contributed by atoms with E-state index in [2.05, 4.69) is 25.2 Å². The van der Waals surface area contributed by atoms with Crippen molar-refractivity contribution < 1.29 is 4.79 Å². The second kappa shape index (κ2) is 4.97. The molecular formula is C16H22N2O. The van der Waals surface area contributed by atoms with E-state index in [1.165, 1.54) is 12.8 Å². The first-order chi connectivity index (χ1) is 9.13. The first-order valence-corrected chi connectivity index (χ1v) is 7.24. The number of amides is 1. The highest BCUT2D eigenvalue weighted by Gasteiger charge is 2.36. The number of nitrogens with zero attached hydrogens (tertiary/aromatic N) is 1. The van der Waals surface area contributed by atoms with Gasteiger partial charge in [-0.3, -0.25) is 4.79 Å². The van der Waals surface area contributed by atoms with Crippen LogP contribution in [0.1, 0.15) is 34.3 Å². The number of nitrogens with one attached hydrogen (secondary N) is 1. The smallest absolute Gasteiger partial charge is 0.253 e. The minimum atomic E-state index is 0.197. The van der Waals surface area contributed by atoms with Crippen LogP contribution in [-0.2, 0) is 0 Å². The zero-order chi connectivity index (χ0) is 13.4. The number of fused-ring (bicyclic) bond motifs is 1. The summed E-state index contributed by atoms with van der Waals surface area (Å²) in [6.45, 7) is 7.00. The van der Waals surface area contributed by atoms with Gasteiger partial charge in [0.2, 0.25) is 0 Å². The standard InChI is InChI=1S/C16H22N2O/c1-11-6-12(2)8-14(7-11)16(19)18-9-13-4-3-5-17-15(13)10-18/h6-8,13,15,17H,3-5,9-10H2,1-2H3. The number of benzene rings is 1. The molecule has 2 fully saturated rings. The molecule has 3 heteroatoms. The summed E-state index contributed by atoms with van der Waals surface area (Å²) >= 11 is 0. The maximum Gasteiger partial charge on any atom is 0.253 e. The number of piperidine rings is 1. The van der Waals surface area contributed by atoms with Gasteiger partial charge >= 0.3 is 0 Å². The molecule has 0 radical (unpaired) electrons. The number of rotatable bonds is 1. The van der Waals surface area contributed by atoms with E-state index in [9.17, 15) is 4.79 Å². The first kappa shape index (κ1) is 12.7. The van der Waals surface area contributed by atoms with Crippen LogP contribution in [0.3, 0.4) is 0 Å². The lowest BCUT2D eigenvalue weighted by molar-refractivity contribution is 0.0785. The van der Waals surface area contributed by atoms with Crippen molar-refractivity contribution in [1.82, 2.24) is 10.2 Å². The minimum Gasteiger partial charge on any atom is -0.337 e. The van der Waals surface area contributed by atoms with Crippen LogP contribution in [0.5, 0.6) is 0 Å². The average molecular weight is 258 g/mol. The molecule has 0 saturated carbocycles. The van der Waals surface area contributed by atoms with Crippen molar-refractivity contribution in [1.29, 1.82) is 0 Å². The molecule has 0 spiro atoms. The minimum absolute atomic E-state index is 0.197. The van der Waals surface area contributed by atoms with E-state index >= 15 is 0 Å². The molecule has 2 saturated heterocycles. The van der Waals surface area contributed by atoms with Crippen molar-refractivity contribution >= 4 is 5.91 Å². The lowest BCUT2D eigenvalue weighted by Crippen LogP contribution is -2.41. The Morgan fingerprint density at radius 1 is 1.21 bits per heavy atom. The molecule has 3 nitrogen and oxygen atoms in total. The molecule has 0 bridgehead atoms. The van der Waals surface area contributed by atoms with Gasteiger partial charge in [0, 0.05) is 24.7 Å². The fraction of sp³-hybridized carbons (Fsp3) is 0.562. The molecule has 3 rings (SSSR count). The van der Waals surface area contributed by atoms with Crippen LogP contribution in [0, 0.1) is 19.8 Å². The van der Waals surface area contributed by atoms with Crippen LogP contribution in [0.25, 0.3) is 0 Å². The third-order valence-corrected chi connectivity index (χ3v) is 4.36. The highest BCUT2D eigenvalue weighted by atomic mass is 16.2. The molecule has 2 aliphatic heterocycles. The number of hydrogen-bond acceptors (Lipinski definition) is 2. The summed E-state index contributed by atoms with van der Waals surface area (Å²) in [6.07, 6.45) is 2.50. The molecule has 102 valence electrons. The van der Waals surface area contributed by atoms with E-state index in [0.717, 1.165) is 36.3 Å². The van der Waals surface area contributed by atoms with Crippen LogP contribution in [0.2, 0.25) is 0 Å². The molecule has 2 unspecified atom stereocenters. The lowest BCUT2D eigenvalue weighted by Gasteiger charge is -2.24. The maximum atomic E-state index is 12.6. The van der Waals surface area contributed by atoms with Gasteiger partial charge in [-0.2, -0.15) is 0 Å². The fourth-order valence-electron chi connectivity index (χ4n) is 3.49. The summed E-state index contributed by atoms with van der Waals surface area (Å²) in [7, 11) is 0. The van der Waals surface area contributed by atoms with Crippen LogP contribution < -0.4 is 5.32 Å². The normalized spacial score (nSPS) is 26.3. The molecule has 2 heterocycles. The SMILES string of the molecule is Cc1cc(C)cc(C(=O)N2CC3CCCNC3C2)c1. The number of carbonyl (C=O) groups excluding carboxylic acids is 1. The predicted octanol–water partition coefficient (Wildman–Crippen LogP) is 2.13. The Labute approximate surface area is 115 Å². The van der Waals surface area contributed by atoms with Gasteiger partial charge in [-0.15, -0.1) is 0 Å². The van der Waals surface area contributed by atoms with Crippen LogP contribution in [-0.4, -0.2) is 36.5 Å². The molecule has 1 N–H and O–H groups in total. The van der Waals surface area contributed by atoms with Gasteiger partial charge < -0.3 is 10.2 Å². The van der Waals surface area contributed by atoms with E-state index in [1.54, 1.807) is 0 Å². The summed E-state index contributed by atoms with van der Waals surface area (Å²) in [5.41, 5.74) is 3.17. The largest absolute Gasteiger partial charge is 0.337 e. The van der Waals surface area contributed by atoms with Crippen LogP contribution >= 0.6 is 0 Å². The molecule has 1 amide bonds. The highest BCUT2D eigenvalue weighted by Crippen LogP contribution is 2.26. The zero-order valence-corrected chi connectivity index (χ0v) is 11.8. The number of carbonyl (C=O) groups is 1. The van der Waals surface area contributed by atoms with Crippen molar-refractivity contribution in [2.45, 2.75) is 32.7 Å². The monoisotopic (exact) mass is 258 g/mol. The molecule has 0 aromatic heterocycles. The summed E-state index contributed by atoms with van der Waals surface area (Å²) in [5, 5.41) is 3.55. The summed E-state index contributed by atoms with van der Waals surface area (Å²) in [6, 6.07) is 6.64. The quantitative estimate of drug-likeness (QED) is 0.837. The van der Waals surface area contributed by atoms with Gasteiger partial charge in [-0.1, -0.05) is 17.2 Å². The van der Waals surface area contributed by atoms with E-state index < -0.39 is 0 Å². The van der Waals surface area contributed by atoms with Crippen molar-refractivity contribution in [3.63, 3.8) is 0 Å². The van der Waals surface area contributed by atoms with Gasteiger partial charge in [0.25, 0.3) is 5.91 Å². The van der Waals surface area contributed by atoms with Gasteiger partial charge in [0.05, 0.1) is 0 Å². The summed E-state index contributed by atoms with van der Waals surface area (Å²) < 4.78 is 0. The van der Waals surface area contributed by atoms with Gasteiger partial charge in [-0.25, -0.2) is 0 Å². The Hall–Kier alpha value is -1.35. The number of hydrogen-bond donors (Lipinski definition) is 1. The third-order valence-electron chi connectivity index (χ3n) is 4.36. The maximum absolute atomic E-state index is 12.6. The van der Waals surface area contributed by atoms with E-state index in [0.29, 0.717) is 12.0 Å². The highest BCUT2D eigenvalue weighted by molar-refractivity contribution is 5.94. The summed E-state index contributed by atoms with van der Waals surface area (Å²) in [5.74, 6) is 0.853. The lowest BCUT2D eigenvalue weighted by atomic mass is 9.94. The van der Waals surface area contributed by atoms with E-state index in [-0.39, 0.29) is 5.91 Å². The van der Waals surface area contributed by atoms with Crippen LogP contribution in [0.15, 0.2) is 18.2 Å². The molecular weight excluding hydrogens is 236 g/mol. The topological polar surface area (TPSA) is 32.3 Å². The van der Waals surface area contributed by atoms with Gasteiger partial charge in [0.15, 0.2) is 0 Å². The number of likely N-dealkylation sites (tertiary alicyclic amines) is 1. The Bertz CT molecular complexity index is 463. The molecule has 0 aliphatic carbocycles. The Balaban J connectivity index is 1.77.